The fourth-order valence-electron chi connectivity index (χ4n) is 1.79. The summed E-state index contributed by atoms with van der Waals surface area (Å²) in [6.07, 6.45) is 0.534. The second-order valence-electron chi connectivity index (χ2n) is 4.17. The van der Waals surface area contributed by atoms with Crippen LogP contribution >= 0.6 is 0 Å². The second kappa shape index (κ2) is 7.21. The highest BCUT2D eigenvalue weighted by molar-refractivity contribution is 6.00. The van der Waals surface area contributed by atoms with E-state index in [4.69, 9.17) is 14.2 Å². The van der Waals surface area contributed by atoms with Gasteiger partial charge in [0.1, 0.15) is 11.3 Å². The van der Waals surface area contributed by atoms with Crippen LogP contribution < -0.4 is 14.2 Å². The molecule has 0 amide bonds. The lowest BCUT2D eigenvalue weighted by Crippen LogP contribution is -2.08. The van der Waals surface area contributed by atoms with Gasteiger partial charge in [0.15, 0.2) is 6.29 Å². The summed E-state index contributed by atoms with van der Waals surface area (Å²) in [6.45, 7) is 0. The Kier molecular flexibility index (Phi) is 5.08. The molecule has 1 aromatic heterocycles. The van der Waals surface area contributed by atoms with Gasteiger partial charge in [-0.1, -0.05) is 12.1 Å². The van der Waals surface area contributed by atoms with E-state index in [1.165, 1.54) is 39.5 Å². The smallest absolute Gasteiger partial charge is 0.342 e. The lowest BCUT2D eigenvalue weighted by atomic mass is 10.1. The van der Waals surface area contributed by atoms with E-state index >= 15 is 0 Å². The third kappa shape index (κ3) is 3.54. The first-order valence-electron chi connectivity index (χ1n) is 6.44. The predicted octanol–water partition coefficient (Wildman–Crippen LogP) is 1.89. The van der Waals surface area contributed by atoms with Crippen molar-refractivity contribution in [1.82, 2.24) is 9.97 Å². The summed E-state index contributed by atoms with van der Waals surface area (Å²) in [4.78, 5) is 31.0. The van der Waals surface area contributed by atoms with Crippen molar-refractivity contribution in [1.29, 1.82) is 0 Å². The summed E-state index contributed by atoms with van der Waals surface area (Å²) in [7, 11) is 4.07. The van der Waals surface area contributed by atoms with E-state index in [1.807, 2.05) is 0 Å². The molecule has 1 aromatic carbocycles. The number of methoxy groups -OCH3 is 3. The Balaban J connectivity index is 2.48. The normalized spacial score (nSPS) is 9.87. The second-order valence-corrected chi connectivity index (χ2v) is 4.17. The Labute approximate surface area is 132 Å². The van der Waals surface area contributed by atoms with Crippen molar-refractivity contribution in [2.75, 3.05) is 21.3 Å². The average molecular weight is 318 g/mol. The molecule has 0 radical (unpaired) electrons. The van der Waals surface area contributed by atoms with Crippen LogP contribution in [-0.2, 0) is 4.74 Å². The Morgan fingerprint density at radius 2 is 1.74 bits per heavy atom. The quantitative estimate of drug-likeness (QED) is 0.588. The van der Waals surface area contributed by atoms with Crippen molar-refractivity contribution in [3.05, 3.63) is 35.4 Å². The summed E-state index contributed by atoms with van der Waals surface area (Å²) in [5.74, 6) is -0.190. The molecule has 120 valence electrons. The first-order chi connectivity index (χ1) is 11.1. The minimum atomic E-state index is -0.711. The van der Waals surface area contributed by atoms with Gasteiger partial charge in [0.25, 0.3) is 0 Å². The van der Waals surface area contributed by atoms with Gasteiger partial charge in [0.05, 0.1) is 27.4 Å². The number of rotatable bonds is 6. The summed E-state index contributed by atoms with van der Waals surface area (Å²) < 4.78 is 20.2. The number of carbonyl (C=O) groups is 2. The van der Waals surface area contributed by atoms with Crippen LogP contribution in [0.5, 0.6) is 23.5 Å². The number of ether oxygens (including phenoxy) is 4. The molecule has 0 aliphatic rings. The summed E-state index contributed by atoms with van der Waals surface area (Å²) in [5, 5.41) is 0. The highest BCUT2D eigenvalue weighted by Gasteiger charge is 2.20. The first-order valence-corrected chi connectivity index (χ1v) is 6.44. The van der Waals surface area contributed by atoms with E-state index in [-0.39, 0.29) is 34.6 Å². The van der Waals surface area contributed by atoms with Crippen LogP contribution in [0.2, 0.25) is 0 Å². The van der Waals surface area contributed by atoms with Crippen LogP contribution in [0.15, 0.2) is 24.3 Å². The molecule has 0 saturated carbocycles. The number of benzene rings is 1. The van der Waals surface area contributed by atoms with Gasteiger partial charge in [-0.25, -0.2) is 4.79 Å². The number of esters is 1. The molecule has 23 heavy (non-hydrogen) atoms. The van der Waals surface area contributed by atoms with Crippen LogP contribution in [0.25, 0.3) is 0 Å². The Hall–Kier alpha value is -3.16. The van der Waals surface area contributed by atoms with E-state index in [9.17, 15) is 9.59 Å². The van der Waals surface area contributed by atoms with E-state index in [0.29, 0.717) is 6.29 Å². The molecule has 0 atom stereocenters. The fourth-order valence-corrected chi connectivity index (χ4v) is 1.79. The molecule has 8 heteroatoms. The molecular formula is C15H14N2O6. The third-order valence-corrected chi connectivity index (χ3v) is 2.85. The maximum atomic E-state index is 11.9. The van der Waals surface area contributed by atoms with Crippen molar-refractivity contribution < 1.29 is 28.5 Å². The van der Waals surface area contributed by atoms with Gasteiger partial charge in [-0.2, -0.15) is 9.97 Å². The number of hydrogen-bond acceptors (Lipinski definition) is 8. The van der Waals surface area contributed by atoms with Crippen LogP contribution in [0.4, 0.5) is 0 Å². The molecule has 0 aliphatic carbocycles. The minimum Gasteiger partial charge on any atom is -0.481 e. The Morgan fingerprint density at radius 1 is 1.09 bits per heavy atom. The van der Waals surface area contributed by atoms with E-state index in [1.54, 1.807) is 6.07 Å². The van der Waals surface area contributed by atoms with Crippen LogP contribution in [0, 0.1) is 0 Å². The number of hydrogen-bond donors (Lipinski definition) is 0. The molecule has 0 unspecified atom stereocenters. The number of nitrogens with zero attached hydrogens (tertiary/aromatic N) is 2. The van der Waals surface area contributed by atoms with E-state index in [2.05, 4.69) is 14.7 Å². The molecule has 0 fully saturated rings. The molecule has 0 aliphatic heterocycles. The van der Waals surface area contributed by atoms with Gasteiger partial charge in [-0.05, 0) is 6.07 Å². The molecular weight excluding hydrogens is 304 g/mol. The maximum absolute atomic E-state index is 11.9. The van der Waals surface area contributed by atoms with Crippen LogP contribution in [0.3, 0.4) is 0 Å². The summed E-state index contributed by atoms with van der Waals surface area (Å²) in [5.41, 5.74) is 0.111. The lowest BCUT2D eigenvalue weighted by molar-refractivity contribution is 0.0595. The number of carbonyl (C=O) groups excluding carboxylic acids is 2. The molecule has 0 N–H and O–H groups in total. The largest absolute Gasteiger partial charge is 0.481 e. The molecule has 0 saturated heterocycles. The van der Waals surface area contributed by atoms with Gasteiger partial charge in [0.2, 0.25) is 11.8 Å². The monoisotopic (exact) mass is 318 g/mol. The van der Waals surface area contributed by atoms with Gasteiger partial charge in [-0.3, -0.25) is 4.79 Å². The number of aldehydes is 1. The highest BCUT2D eigenvalue weighted by Crippen LogP contribution is 2.28. The molecule has 8 nitrogen and oxygen atoms in total. The van der Waals surface area contributed by atoms with Crippen molar-refractivity contribution in [3.63, 3.8) is 0 Å². The van der Waals surface area contributed by atoms with Crippen molar-refractivity contribution in [2.45, 2.75) is 0 Å². The molecule has 2 aromatic rings. The minimum absolute atomic E-state index is 0.0182. The van der Waals surface area contributed by atoms with Crippen molar-refractivity contribution in [3.8, 4) is 23.5 Å². The standard InChI is InChI=1S/C15H14N2O6/c1-20-11-7-12(21-2)17-15(16-11)23-10-6-4-5-9(8-18)13(10)14(19)22-3/h4-8H,1-3H3. The fraction of sp³-hybridized carbons (Fsp3) is 0.200. The molecule has 2 rings (SSSR count). The zero-order chi connectivity index (χ0) is 16.8. The van der Waals surface area contributed by atoms with Gasteiger partial charge >= 0.3 is 12.0 Å². The van der Waals surface area contributed by atoms with E-state index < -0.39 is 5.97 Å². The summed E-state index contributed by atoms with van der Waals surface area (Å²) in [6, 6.07) is 5.89. The van der Waals surface area contributed by atoms with Crippen LogP contribution in [0.1, 0.15) is 20.7 Å². The van der Waals surface area contributed by atoms with Gasteiger partial charge < -0.3 is 18.9 Å². The van der Waals surface area contributed by atoms with Crippen LogP contribution in [-0.4, -0.2) is 43.6 Å². The van der Waals surface area contributed by atoms with Crippen molar-refractivity contribution in [2.24, 2.45) is 0 Å². The Bertz CT molecular complexity index is 710. The predicted molar refractivity (Wildman–Crippen MR) is 78.4 cm³/mol. The molecule has 1 heterocycles. The zero-order valence-corrected chi connectivity index (χ0v) is 12.7. The van der Waals surface area contributed by atoms with E-state index in [0.717, 1.165) is 0 Å². The maximum Gasteiger partial charge on any atom is 0.342 e. The zero-order valence-electron chi connectivity index (χ0n) is 12.7. The molecule has 0 spiro atoms. The number of aromatic nitrogens is 2. The Morgan fingerprint density at radius 3 is 2.26 bits per heavy atom. The lowest BCUT2D eigenvalue weighted by Gasteiger charge is -2.11. The van der Waals surface area contributed by atoms with Gasteiger partial charge in [0, 0.05) is 5.56 Å². The first kappa shape index (κ1) is 16.2. The average Bonchev–Trinajstić information content (AvgIpc) is 2.60. The third-order valence-electron chi connectivity index (χ3n) is 2.85. The SMILES string of the molecule is COC(=O)c1c(C=O)cccc1Oc1nc(OC)cc(OC)n1. The van der Waals surface area contributed by atoms with Gasteiger partial charge in [-0.15, -0.1) is 0 Å². The molecule has 0 bridgehead atoms. The highest BCUT2D eigenvalue weighted by atomic mass is 16.5. The summed E-state index contributed by atoms with van der Waals surface area (Å²) >= 11 is 0. The van der Waals surface area contributed by atoms with Crippen molar-refractivity contribution >= 4 is 12.3 Å². The topological polar surface area (TPSA) is 96.8 Å².